The molecule has 152 valence electrons. The summed E-state index contributed by atoms with van der Waals surface area (Å²) in [6.07, 6.45) is 3.79. The summed E-state index contributed by atoms with van der Waals surface area (Å²) >= 11 is 5.61. The van der Waals surface area contributed by atoms with Crippen molar-refractivity contribution in [1.29, 1.82) is 0 Å². The molecule has 0 atom stereocenters. The van der Waals surface area contributed by atoms with Gasteiger partial charge in [-0.15, -0.1) is 0 Å². The minimum absolute atomic E-state index is 0.000301. The molecule has 0 spiro atoms. The number of nitrogens with two attached hydrogens (primary N) is 1. The van der Waals surface area contributed by atoms with Gasteiger partial charge in [0.25, 0.3) is 5.91 Å². The molecule has 4 aliphatic rings. The second-order valence-electron chi connectivity index (χ2n) is 8.22. The van der Waals surface area contributed by atoms with E-state index in [2.05, 4.69) is 10.6 Å². The number of rotatable bonds is 8. The Labute approximate surface area is 167 Å². The average Bonchev–Trinajstić information content (AvgIpc) is 2.55. The molecule has 1 aromatic rings. The number of hydrogen-bond acceptors (Lipinski definition) is 5. The van der Waals surface area contributed by atoms with Gasteiger partial charge >= 0.3 is 0 Å². The number of carbonyl (C=O) groups excluding carboxylic acids is 2. The molecule has 4 aliphatic carbocycles. The maximum atomic E-state index is 13.4. The Morgan fingerprint density at radius 1 is 1.14 bits per heavy atom. The molecule has 0 radical (unpaired) electrons. The minimum atomic E-state index is -0.596. The van der Waals surface area contributed by atoms with Gasteiger partial charge in [-0.25, -0.2) is 4.39 Å². The van der Waals surface area contributed by atoms with Crippen LogP contribution in [0.1, 0.15) is 32.1 Å². The molecule has 0 heterocycles. The SMILES string of the molecule is NC1CC(OCC(=O)NC23CC(NC(=O)COc4ccc(Cl)c(F)c4)(C2)C3)C1. The van der Waals surface area contributed by atoms with Crippen LogP contribution in [0, 0.1) is 5.82 Å². The van der Waals surface area contributed by atoms with Gasteiger partial charge < -0.3 is 25.8 Å². The summed E-state index contributed by atoms with van der Waals surface area (Å²) in [5.74, 6) is -0.764. The largest absolute Gasteiger partial charge is 0.484 e. The van der Waals surface area contributed by atoms with Crippen LogP contribution in [0.3, 0.4) is 0 Å². The highest BCUT2D eigenvalue weighted by Gasteiger charge is 2.69. The fourth-order valence-electron chi connectivity index (χ4n) is 4.37. The Bertz CT molecular complexity index is 780. The van der Waals surface area contributed by atoms with Gasteiger partial charge in [-0.1, -0.05) is 11.6 Å². The van der Waals surface area contributed by atoms with Crippen LogP contribution in [-0.4, -0.2) is 48.3 Å². The van der Waals surface area contributed by atoms with E-state index in [1.165, 1.54) is 12.1 Å². The molecule has 4 saturated carbocycles. The smallest absolute Gasteiger partial charge is 0.258 e. The maximum Gasteiger partial charge on any atom is 0.258 e. The molecule has 1 aromatic carbocycles. The number of carbonyl (C=O) groups is 2. The summed E-state index contributed by atoms with van der Waals surface area (Å²) in [5.41, 5.74) is 5.18. The normalized spacial score (nSPS) is 32.4. The summed E-state index contributed by atoms with van der Waals surface area (Å²) in [4.78, 5) is 24.1. The predicted molar refractivity (Wildman–Crippen MR) is 99.5 cm³/mol. The molecule has 4 N–H and O–H groups in total. The Hall–Kier alpha value is -1.90. The van der Waals surface area contributed by atoms with Crippen LogP contribution in [-0.2, 0) is 14.3 Å². The van der Waals surface area contributed by atoms with E-state index < -0.39 is 5.82 Å². The molecule has 0 saturated heterocycles. The monoisotopic (exact) mass is 411 g/mol. The summed E-state index contributed by atoms with van der Waals surface area (Å²) in [5, 5.41) is 5.95. The lowest BCUT2D eigenvalue weighted by atomic mass is 9.44. The quantitative estimate of drug-likeness (QED) is 0.598. The highest BCUT2D eigenvalue weighted by atomic mass is 35.5. The molecule has 2 bridgehead atoms. The van der Waals surface area contributed by atoms with Crippen molar-refractivity contribution in [2.45, 2.75) is 55.3 Å². The van der Waals surface area contributed by atoms with Gasteiger partial charge in [0.2, 0.25) is 5.91 Å². The van der Waals surface area contributed by atoms with E-state index in [0.29, 0.717) is 19.3 Å². The third kappa shape index (κ3) is 3.94. The van der Waals surface area contributed by atoms with Gasteiger partial charge in [-0.3, -0.25) is 9.59 Å². The molecule has 0 unspecified atom stereocenters. The second-order valence-corrected chi connectivity index (χ2v) is 8.62. The van der Waals surface area contributed by atoms with Crippen LogP contribution in [0.5, 0.6) is 5.75 Å². The fraction of sp³-hybridized carbons (Fsp3) is 0.579. The lowest BCUT2D eigenvalue weighted by Gasteiger charge is -2.70. The number of amides is 2. The maximum absolute atomic E-state index is 13.4. The summed E-state index contributed by atoms with van der Waals surface area (Å²) in [6.45, 7) is -0.163. The highest BCUT2D eigenvalue weighted by Crippen LogP contribution is 2.60. The van der Waals surface area contributed by atoms with E-state index in [1.807, 2.05) is 0 Å². The van der Waals surface area contributed by atoms with Crippen LogP contribution in [0.25, 0.3) is 0 Å². The van der Waals surface area contributed by atoms with Gasteiger partial charge in [0.05, 0.1) is 11.1 Å². The van der Waals surface area contributed by atoms with Crippen LogP contribution < -0.4 is 21.1 Å². The van der Waals surface area contributed by atoms with E-state index >= 15 is 0 Å². The molecule has 7 nitrogen and oxygen atoms in total. The molecule has 28 heavy (non-hydrogen) atoms. The Balaban J connectivity index is 1.14. The predicted octanol–water partition coefficient (Wildman–Crippen LogP) is 1.27. The third-order valence-electron chi connectivity index (χ3n) is 5.68. The van der Waals surface area contributed by atoms with Gasteiger partial charge in [0, 0.05) is 23.2 Å². The van der Waals surface area contributed by atoms with Crippen molar-refractivity contribution in [2.75, 3.05) is 13.2 Å². The zero-order chi connectivity index (χ0) is 19.9. The van der Waals surface area contributed by atoms with Crippen molar-refractivity contribution >= 4 is 23.4 Å². The molecule has 9 heteroatoms. The van der Waals surface area contributed by atoms with Crippen molar-refractivity contribution in [3.8, 4) is 5.75 Å². The molecule has 5 rings (SSSR count). The standard InChI is InChI=1S/C19H23ClFN3O4/c20-14-2-1-12(5-15(14)21)27-6-16(25)23-18-8-19(9-18,10-18)24-17(26)7-28-13-3-11(22)4-13/h1-2,5,11,13H,3-4,6-10,22H2,(H,23,25)(H,24,26). The van der Waals surface area contributed by atoms with E-state index in [0.717, 1.165) is 18.9 Å². The molecule has 0 aromatic heterocycles. The summed E-state index contributed by atoms with van der Waals surface area (Å²) in [7, 11) is 0. The third-order valence-corrected chi connectivity index (χ3v) is 5.99. The van der Waals surface area contributed by atoms with Gasteiger partial charge in [0.15, 0.2) is 6.61 Å². The molecule has 4 fully saturated rings. The first-order valence-electron chi connectivity index (χ1n) is 9.34. The number of hydrogen-bond donors (Lipinski definition) is 3. The lowest BCUT2D eigenvalue weighted by Crippen LogP contribution is -2.84. The lowest BCUT2D eigenvalue weighted by molar-refractivity contribution is -0.154. The number of nitrogens with one attached hydrogen (secondary N) is 2. The zero-order valence-electron chi connectivity index (χ0n) is 15.3. The first kappa shape index (κ1) is 19.4. The molecular formula is C19H23ClFN3O4. The van der Waals surface area contributed by atoms with E-state index in [-0.39, 0.29) is 59.0 Å². The minimum Gasteiger partial charge on any atom is -0.484 e. The average molecular weight is 412 g/mol. The fourth-order valence-corrected chi connectivity index (χ4v) is 4.49. The van der Waals surface area contributed by atoms with Crippen LogP contribution in [0.4, 0.5) is 4.39 Å². The first-order chi connectivity index (χ1) is 13.3. The Morgan fingerprint density at radius 3 is 2.32 bits per heavy atom. The van der Waals surface area contributed by atoms with Crippen LogP contribution in [0.2, 0.25) is 5.02 Å². The topological polar surface area (TPSA) is 103 Å². The first-order valence-corrected chi connectivity index (χ1v) is 9.71. The van der Waals surface area contributed by atoms with E-state index in [9.17, 15) is 14.0 Å². The molecule has 2 amide bonds. The highest BCUT2D eigenvalue weighted by molar-refractivity contribution is 6.30. The molecule has 0 aliphatic heterocycles. The van der Waals surface area contributed by atoms with E-state index in [1.54, 1.807) is 0 Å². The van der Waals surface area contributed by atoms with E-state index in [4.69, 9.17) is 26.8 Å². The van der Waals surface area contributed by atoms with Gasteiger partial charge in [-0.05, 0) is 44.2 Å². The summed E-state index contributed by atoms with van der Waals surface area (Å²) in [6, 6.07) is 4.21. The number of ether oxygens (including phenoxy) is 2. The van der Waals surface area contributed by atoms with Crippen LogP contribution in [0.15, 0.2) is 18.2 Å². The molecular weight excluding hydrogens is 389 g/mol. The second kappa shape index (κ2) is 7.17. The van der Waals surface area contributed by atoms with Crippen molar-refractivity contribution in [3.63, 3.8) is 0 Å². The number of benzene rings is 1. The van der Waals surface area contributed by atoms with Gasteiger partial charge in [0.1, 0.15) is 18.2 Å². The van der Waals surface area contributed by atoms with Crippen molar-refractivity contribution in [1.82, 2.24) is 10.6 Å². The Morgan fingerprint density at radius 2 is 1.75 bits per heavy atom. The summed E-state index contributed by atoms with van der Waals surface area (Å²) < 4.78 is 24.2. The van der Waals surface area contributed by atoms with Gasteiger partial charge in [-0.2, -0.15) is 0 Å². The zero-order valence-corrected chi connectivity index (χ0v) is 16.1. The van der Waals surface area contributed by atoms with Crippen molar-refractivity contribution in [2.24, 2.45) is 5.73 Å². The van der Waals surface area contributed by atoms with Crippen molar-refractivity contribution in [3.05, 3.63) is 29.0 Å². The Kier molecular flexibility index (Phi) is 4.97. The number of halogens is 2. The van der Waals surface area contributed by atoms with Crippen LogP contribution >= 0.6 is 11.6 Å². The van der Waals surface area contributed by atoms with Crippen molar-refractivity contribution < 1.29 is 23.5 Å².